The van der Waals surface area contributed by atoms with Crippen LogP contribution >= 0.6 is 0 Å². The van der Waals surface area contributed by atoms with E-state index in [1.165, 1.54) is 7.05 Å². The number of halogens is 2. The Hall–Kier alpha value is -1.98. The summed E-state index contributed by atoms with van der Waals surface area (Å²) >= 11 is 0. The Morgan fingerprint density at radius 2 is 1.81 bits per heavy atom. The predicted molar refractivity (Wildman–Crippen MR) is 50.7 cm³/mol. The van der Waals surface area contributed by atoms with E-state index in [9.17, 15) is 18.4 Å². The zero-order chi connectivity index (χ0) is 12.1. The van der Waals surface area contributed by atoms with Gasteiger partial charge in [-0.15, -0.1) is 0 Å². The van der Waals surface area contributed by atoms with Crippen LogP contribution in [0.4, 0.5) is 8.78 Å². The van der Waals surface area contributed by atoms with E-state index < -0.39 is 30.1 Å². The van der Waals surface area contributed by atoms with Crippen molar-refractivity contribution >= 4 is 11.9 Å². The summed E-state index contributed by atoms with van der Waals surface area (Å²) in [5, 5.41) is 2.23. The van der Waals surface area contributed by atoms with Gasteiger partial charge in [0.15, 0.2) is 6.61 Å². The van der Waals surface area contributed by atoms with E-state index in [0.29, 0.717) is 6.07 Å². The molecule has 0 atom stereocenters. The van der Waals surface area contributed by atoms with Crippen molar-refractivity contribution in [2.45, 2.75) is 0 Å². The fourth-order valence-corrected chi connectivity index (χ4v) is 0.958. The summed E-state index contributed by atoms with van der Waals surface area (Å²) in [5.41, 5.74) is -0.276. The van der Waals surface area contributed by atoms with Crippen LogP contribution in [0.2, 0.25) is 0 Å². The molecule has 4 nitrogen and oxygen atoms in total. The number of ether oxygens (including phenoxy) is 1. The van der Waals surface area contributed by atoms with Gasteiger partial charge in [0.2, 0.25) is 0 Å². The number of hydrogen-bond acceptors (Lipinski definition) is 3. The van der Waals surface area contributed by atoms with Crippen molar-refractivity contribution in [3.8, 4) is 0 Å². The fraction of sp³-hybridized carbons (Fsp3) is 0.200. The first-order valence-corrected chi connectivity index (χ1v) is 4.36. The molecule has 0 radical (unpaired) electrons. The molecule has 0 aliphatic carbocycles. The zero-order valence-corrected chi connectivity index (χ0v) is 8.42. The monoisotopic (exact) mass is 229 g/mol. The van der Waals surface area contributed by atoms with Crippen molar-refractivity contribution in [3.63, 3.8) is 0 Å². The van der Waals surface area contributed by atoms with Crippen LogP contribution in [0.25, 0.3) is 0 Å². The van der Waals surface area contributed by atoms with Crippen LogP contribution in [0, 0.1) is 11.6 Å². The first-order chi connectivity index (χ1) is 7.52. The minimum atomic E-state index is -0.956. The third-order valence-electron chi connectivity index (χ3n) is 1.71. The molecule has 1 rings (SSSR count). The summed E-state index contributed by atoms with van der Waals surface area (Å²) in [4.78, 5) is 22.0. The second kappa shape index (κ2) is 5.20. The molecule has 0 aromatic heterocycles. The molecule has 1 N–H and O–H groups in total. The van der Waals surface area contributed by atoms with Crippen LogP contribution in [0.15, 0.2) is 18.2 Å². The largest absolute Gasteiger partial charge is 0.452 e. The van der Waals surface area contributed by atoms with Crippen molar-refractivity contribution < 1.29 is 23.1 Å². The highest BCUT2D eigenvalue weighted by atomic mass is 19.1. The minimum absolute atomic E-state index is 0.276. The van der Waals surface area contributed by atoms with Crippen molar-refractivity contribution in [2.75, 3.05) is 13.7 Å². The summed E-state index contributed by atoms with van der Waals surface area (Å²) in [6.07, 6.45) is 0. The quantitative estimate of drug-likeness (QED) is 0.782. The number of nitrogens with one attached hydrogen (secondary N) is 1. The molecule has 0 fully saturated rings. The molecular weight excluding hydrogens is 220 g/mol. The first-order valence-electron chi connectivity index (χ1n) is 4.36. The summed E-state index contributed by atoms with van der Waals surface area (Å²) in [7, 11) is 1.37. The van der Waals surface area contributed by atoms with Gasteiger partial charge in [0.05, 0.1) is 5.56 Å². The zero-order valence-electron chi connectivity index (χ0n) is 8.42. The molecule has 0 unspecified atom stereocenters. The van der Waals surface area contributed by atoms with Crippen LogP contribution in [0.1, 0.15) is 10.4 Å². The van der Waals surface area contributed by atoms with Crippen LogP contribution in [-0.2, 0) is 9.53 Å². The molecule has 6 heteroatoms. The Bertz CT molecular complexity index is 400. The maximum absolute atomic E-state index is 12.7. The summed E-state index contributed by atoms with van der Waals surface area (Å²) in [6, 6.07) is 2.29. The van der Waals surface area contributed by atoms with Gasteiger partial charge in [-0.3, -0.25) is 4.79 Å². The molecule has 0 heterocycles. The van der Waals surface area contributed by atoms with E-state index in [4.69, 9.17) is 0 Å². The summed E-state index contributed by atoms with van der Waals surface area (Å²) in [5.74, 6) is -3.23. The van der Waals surface area contributed by atoms with Gasteiger partial charge in [-0.1, -0.05) is 0 Å². The lowest BCUT2D eigenvalue weighted by Gasteiger charge is -2.03. The Labute approximate surface area is 90.2 Å². The van der Waals surface area contributed by atoms with E-state index in [1.54, 1.807) is 0 Å². The standard InChI is InChI=1S/C10H9F2NO3/c1-13-9(14)5-16-10(15)6-2-7(11)4-8(12)3-6/h2-4H,5H2,1H3,(H,13,14). The van der Waals surface area contributed by atoms with Gasteiger partial charge in [0.1, 0.15) is 11.6 Å². The number of carbonyl (C=O) groups excluding carboxylic acids is 2. The number of rotatable bonds is 3. The molecule has 1 amide bonds. The van der Waals surface area contributed by atoms with E-state index >= 15 is 0 Å². The SMILES string of the molecule is CNC(=O)COC(=O)c1cc(F)cc(F)c1. The molecule has 1 aromatic rings. The molecule has 0 aliphatic heterocycles. The highest BCUT2D eigenvalue weighted by molar-refractivity contribution is 5.91. The lowest BCUT2D eigenvalue weighted by atomic mass is 10.2. The molecular formula is C10H9F2NO3. The van der Waals surface area contributed by atoms with Gasteiger partial charge in [-0.2, -0.15) is 0 Å². The van der Waals surface area contributed by atoms with Gasteiger partial charge in [-0.05, 0) is 12.1 Å². The predicted octanol–water partition coefficient (Wildman–Crippen LogP) is 0.868. The van der Waals surface area contributed by atoms with Crippen LogP contribution in [0.3, 0.4) is 0 Å². The molecule has 86 valence electrons. The van der Waals surface area contributed by atoms with Crippen LogP contribution in [-0.4, -0.2) is 25.5 Å². The smallest absolute Gasteiger partial charge is 0.338 e. The normalized spacial score (nSPS) is 9.69. The third-order valence-corrected chi connectivity index (χ3v) is 1.71. The Kier molecular flexibility index (Phi) is 3.93. The average Bonchev–Trinajstić information content (AvgIpc) is 2.23. The van der Waals surface area contributed by atoms with E-state index in [-0.39, 0.29) is 5.56 Å². The van der Waals surface area contributed by atoms with Crippen molar-refractivity contribution in [1.82, 2.24) is 5.32 Å². The topological polar surface area (TPSA) is 55.4 Å². The number of hydrogen-bond donors (Lipinski definition) is 1. The third kappa shape index (κ3) is 3.30. The molecule has 0 saturated carbocycles. The molecule has 0 aliphatic rings. The molecule has 0 bridgehead atoms. The average molecular weight is 229 g/mol. The highest BCUT2D eigenvalue weighted by Gasteiger charge is 2.11. The lowest BCUT2D eigenvalue weighted by Crippen LogP contribution is -2.25. The number of carbonyl (C=O) groups is 2. The fourth-order valence-electron chi connectivity index (χ4n) is 0.958. The maximum atomic E-state index is 12.7. The Balaban J connectivity index is 2.69. The number of benzene rings is 1. The van der Waals surface area contributed by atoms with E-state index in [2.05, 4.69) is 10.1 Å². The lowest BCUT2D eigenvalue weighted by molar-refractivity contribution is -0.123. The molecule has 1 aromatic carbocycles. The Morgan fingerprint density at radius 3 is 2.31 bits per heavy atom. The highest BCUT2D eigenvalue weighted by Crippen LogP contribution is 2.09. The number of likely N-dealkylation sites (N-methyl/N-ethyl adjacent to an activating group) is 1. The van der Waals surface area contributed by atoms with Gasteiger partial charge in [0.25, 0.3) is 5.91 Å². The minimum Gasteiger partial charge on any atom is -0.452 e. The molecule has 16 heavy (non-hydrogen) atoms. The van der Waals surface area contributed by atoms with Crippen LogP contribution < -0.4 is 5.32 Å². The van der Waals surface area contributed by atoms with E-state index in [0.717, 1.165) is 12.1 Å². The Morgan fingerprint density at radius 1 is 1.25 bits per heavy atom. The second-order valence-electron chi connectivity index (χ2n) is 2.91. The molecule has 0 spiro atoms. The molecule has 0 saturated heterocycles. The van der Waals surface area contributed by atoms with Gasteiger partial charge >= 0.3 is 5.97 Å². The van der Waals surface area contributed by atoms with E-state index in [1.807, 2.05) is 0 Å². The van der Waals surface area contributed by atoms with Gasteiger partial charge in [0, 0.05) is 13.1 Å². The first kappa shape index (κ1) is 12.1. The van der Waals surface area contributed by atoms with Crippen molar-refractivity contribution in [2.24, 2.45) is 0 Å². The number of amides is 1. The summed E-state index contributed by atoms with van der Waals surface area (Å²) in [6.45, 7) is -0.493. The maximum Gasteiger partial charge on any atom is 0.338 e. The van der Waals surface area contributed by atoms with Crippen molar-refractivity contribution in [3.05, 3.63) is 35.4 Å². The number of esters is 1. The second-order valence-corrected chi connectivity index (χ2v) is 2.91. The van der Waals surface area contributed by atoms with Gasteiger partial charge in [-0.25, -0.2) is 13.6 Å². The van der Waals surface area contributed by atoms with Crippen molar-refractivity contribution in [1.29, 1.82) is 0 Å². The van der Waals surface area contributed by atoms with Gasteiger partial charge < -0.3 is 10.1 Å². The summed E-state index contributed by atoms with van der Waals surface area (Å²) < 4.78 is 30.0. The van der Waals surface area contributed by atoms with Crippen LogP contribution in [0.5, 0.6) is 0 Å².